The summed E-state index contributed by atoms with van der Waals surface area (Å²) in [5.74, 6) is -2.01. The van der Waals surface area contributed by atoms with Gasteiger partial charge in [0.1, 0.15) is 45.3 Å². The second kappa shape index (κ2) is 24.7. The minimum Gasteiger partial charge on any atom is -0.872 e. The SMILES string of the molecule is C.C.C.C.C.O=C(O)c1ccccc1-c1c2ccc([O-])cc2oc2c1ccc1cc(=O)ccc12.O=C([O-])c1ccccc1-c1c2ccc([O-])cc2oc2c1ccc1cc(=O)ccc12.O=C1OC2(c3ccc(O)cc3Oc3c2ccc2cc(O)ccc32)c2ccccc21. The van der Waals surface area contributed by atoms with Crippen molar-refractivity contribution in [1.29, 1.82) is 0 Å². The molecule has 460 valence electrons. The monoisotopic (exact) mass is 1220 g/mol. The van der Waals surface area contributed by atoms with Gasteiger partial charge in [-0.2, -0.15) is 0 Å². The van der Waals surface area contributed by atoms with Crippen LogP contribution in [0.15, 0.2) is 237 Å². The van der Waals surface area contributed by atoms with E-state index < -0.39 is 23.5 Å². The number of aromatic carboxylic acids is 2. The zero-order valence-corrected chi connectivity index (χ0v) is 45.0. The molecule has 0 radical (unpaired) electrons. The molecule has 15 heteroatoms. The zero-order chi connectivity index (χ0) is 60.0. The first kappa shape index (κ1) is 64.2. The van der Waals surface area contributed by atoms with Crippen molar-refractivity contribution in [2.45, 2.75) is 42.7 Å². The van der Waals surface area contributed by atoms with Gasteiger partial charge in [0.2, 0.25) is 0 Å². The van der Waals surface area contributed by atoms with Crippen molar-refractivity contribution in [3.8, 4) is 56.8 Å². The first-order valence-corrected chi connectivity index (χ1v) is 27.1. The normalized spacial score (nSPS) is 13.0. The van der Waals surface area contributed by atoms with Crippen LogP contribution in [0, 0.1) is 0 Å². The molecule has 92 heavy (non-hydrogen) atoms. The number of ether oxygens (including phenoxy) is 2. The third-order valence-corrected chi connectivity index (χ3v) is 15.8. The number of carboxylic acids is 2. The summed E-state index contributed by atoms with van der Waals surface area (Å²) < 4.78 is 24.5. The highest BCUT2D eigenvalue weighted by Crippen LogP contribution is 2.58. The maximum Gasteiger partial charge on any atom is 0.340 e. The third kappa shape index (κ3) is 10.5. The fraction of sp³-hybridized carbons (Fsp3) is 0.0779. The molecule has 12 aromatic carbocycles. The highest BCUT2D eigenvalue weighted by Gasteiger charge is 2.53. The average Bonchev–Trinajstić information content (AvgIpc) is 1.40. The quantitative estimate of drug-likeness (QED) is 0.0840. The highest BCUT2D eigenvalue weighted by molar-refractivity contribution is 6.19. The molecule has 0 fully saturated rings. The second-order valence-electron chi connectivity index (χ2n) is 20.9. The van der Waals surface area contributed by atoms with Gasteiger partial charge in [-0.25, -0.2) is 9.59 Å². The second-order valence-corrected chi connectivity index (χ2v) is 20.9. The Morgan fingerprint density at radius 2 is 0.859 bits per heavy atom. The number of phenols is 2. The van der Waals surface area contributed by atoms with Crippen molar-refractivity contribution >= 4 is 94.1 Å². The van der Waals surface area contributed by atoms with Gasteiger partial charge in [0.15, 0.2) is 16.5 Å². The van der Waals surface area contributed by atoms with Crippen molar-refractivity contribution in [2.24, 2.45) is 0 Å². The molecule has 1 atom stereocenters. The van der Waals surface area contributed by atoms with Gasteiger partial charge in [-0.05, 0) is 136 Å². The molecule has 2 aliphatic heterocycles. The number of benzene rings is 12. The Hall–Kier alpha value is -12.2. The smallest absolute Gasteiger partial charge is 0.340 e. The molecule has 15 nitrogen and oxygen atoms in total. The van der Waals surface area contributed by atoms with Crippen LogP contribution in [-0.4, -0.2) is 33.2 Å². The van der Waals surface area contributed by atoms with E-state index in [0.29, 0.717) is 116 Å². The van der Waals surface area contributed by atoms with Gasteiger partial charge >= 0.3 is 11.9 Å². The molecule has 0 amide bonds. The number of fused-ring (bicyclic) bond motifs is 16. The topological polar surface area (TPSA) is 260 Å². The minimum atomic E-state index is -1.29. The van der Waals surface area contributed by atoms with Crippen LogP contribution in [0.2, 0.25) is 0 Å². The summed E-state index contributed by atoms with van der Waals surface area (Å²) in [4.78, 5) is 59.9. The van der Waals surface area contributed by atoms with Crippen molar-refractivity contribution in [3.05, 3.63) is 272 Å². The molecule has 1 spiro atoms. The molecule has 0 bridgehead atoms. The van der Waals surface area contributed by atoms with Crippen molar-refractivity contribution in [1.82, 2.24) is 0 Å². The number of carbonyl (C=O) groups is 3. The lowest BCUT2D eigenvalue weighted by Crippen LogP contribution is -2.33. The number of carbonyl (C=O) groups excluding carboxylic acids is 2. The van der Waals surface area contributed by atoms with Crippen LogP contribution in [0.4, 0.5) is 0 Å². The van der Waals surface area contributed by atoms with Crippen LogP contribution in [-0.2, 0) is 10.3 Å². The Labute approximate surface area is 526 Å². The van der Waals surface area contributed by atoms with Gasteiger partial charge in [-0.3, -0.25) is 9.59 Å². The lowest BCUT2D eigenvalue weighted by molar-refractivity contribution is -0.268. The number of phenolic OH excluding ortho intramolecular Hbond substituents is 2. The van der Waals surface area contributed by atoms with Crippen LogP contribution in [0.25, 0.3) is 98.4 Å². The molecule has 16 rings (SSSR count). The Morgan fingerprint density at radius 3 is 1.42 bits per heavy atom. The predicted molar refractivity (Wildman–Crippen MR) is 355 cm³/mol. The highest BCUT2D eigenvalue weighted by atomic mass is 16.6. The molecule has 2 aromatic heterocycles. The maximum absolute atomic E-state index is 12.8. The summed E-state index contributed by atoms with van der Waals surface area (Å²) >= 11 is 0. The Bertz CT molecular complexity index is 5220. The fourth-order valence-electron chi connectivity index (χ4n) is 12.1. The lowest BCUT2D eigenvalue weighted by Gasteiger charge is -2.37. The van der Waals surface area contributed by atoms with E-state index >= 15 is 0 Å². The maximum atomic E-state index is 12.8. The van der Waals surface area contributed by atoms with Crippen LogP contribution in [0.1, 0.15) is 84.9 Å². The van der Waals surface area contributed by atoms with E-state index in [1.807, 2.05) is 36.4 Å². The van der Waals surface area contributed by atoms with Gasteiger partial charge in [0.05, 0.1) is 17.1 Å². The van der Waals surface area contributed by atoms with E-state index in [2.05, 4.69) is 0 Å². The fourth-order valence-corrected chi connectivity index (χ4v) is 12.1. The number of esters is 1. The van der Waals surface area contributed by atoms with E-state index in [9.17, 15) is 54.6 Å². The molecular weight excluding hydrogens is 1160 g/mol. The molecule has 2 aliphatic rings. The van der Waals surface area contributed by atoms with E-state index in [0.717, 1.165) is 16.3 Å². The summed E-state index contributed by atoms with van der Waals surface area (Å²) in [5.41, 5.74) is 5.36. The number of hydrogen-bond acceptors (Lipinski definition) is 14. The first-order chi connectivity index (χ1) is 42.1. The van der Waals surface area contributed by atoms with E-state index in [1.165, 1.54) is 60.7 Å². The first-order valence-electron chi connectivity index (χ1n) is 27.1. The lowest BCUT2D eigenvalue weighted by atomic mass is 9.77. The summed E-state index contributed by atoms with van der Waals surface area (Å²) in [6, 6.07) is 59.6. The Morgan fingerprint density at radius 1 is 0.413 bits per heavy atom. The molecule has 0 saturated heterocycles. The van der Waals surface area contributed by atoms with Crippen LogP contribution in [0.5, 0.6) is 34.5 Å². The average molecular weight is 1220 g/mol. The van der Waals surface area contributed by atoms with E-state index in [1.54, 1.807) is 121 Å². The summed E-state index contributed by atoms with van der Waals surface area (Å²) in [6.07, 6.45) is 0. The number of hydrogen-bond donors (Lipinski definition) is 3. The van der Waals surface area contributed by atoms with Gasteiger partial charge < -0.3 is 53.7 Å². The van der Waals surface area contributed by atoms with Gasteiger partial charge in [-0.1, -0.05) is 140 Å². The number of carboxylic acid groups (broad SMARTS) is 2. The molecule has 1 unspecified atom stereocenters. The van der Waals surface area contributed by atoms with Gasteiger partial charge in [-0.15, -0.1) is 11.5 Å². The van der Waals surface area contributed by atoms with Crippen LogP contribution >= 0.6 is 0 Å². The standard InChI is InChI=1S/3C24H14O5.5CH4/c25-14-6-8-16-13(11-14)5-9-20-22(16)28-21-12-15(26)7-10-19(21)24(20)18-4-2-1-3-17(18)23(27)29-24;2*25-14-6-9-16-13(11-14)5-8-20-22(17-3-1-2-4-18(17)24(27)28)19-10-7-15(26)12-21(19)29-23(16)20;;;;;/h1-12,25-26H;2*1-12,26H,(H,27,28);5*1H4/p-3. The Kier molecular flexibility index (Phi) is 17.3. The summed E-state index contributed by atoms with van der Waals surface area (Å²) in [6.45, 7) is 0. The van der Waals surface area contributed by atoms with Crippen LogP contribution in [0.3, 0.4) is 0 Å². The van der Waals surface area contributed by atoms with Gasteiger partial charge in [0, 0.05) is 77.2 Å². The van der Waals surface area contributed by atoms with E-state index in [4.69, 9.17) is 18.3 Å². The largest absolute Gasteiger partial charge is 0.872 e. The zero-order valence-electron chi connectivity index (χ0n) is 45.0. The van der Waals surface area contributed by atoms with Gasteiger partial charge in [0.25, 0.3) is 0 Å². The Balaban J connectivity index is 0.000000159. The predicted octanol–water partition coefficient (Wildman–Crippen LogP) is 15.7. The number of rotatable bonds is 4. The third-order valence-electron chi connectivity index (χ3n) is 15.8. The molecule has 14 aromatic rings. The number of aromatic hydroxyl groups is 2. The molecule has 0 saturated carbocycles. The minimum absolute atomic E-state index is 0. The summed E-state index contributed by atoms with van der Waals surface area (Å²) in [5, 5.41) is 72.3. The van der Waals surface area contributed by atoms with Crippen molar-refractivity contribution in [3.63, 3.8) is 0 Å². The van der Waals surface area contributed by atoms with Crippen LogP contribution < -0.4 is 30.9 Å². The van der Waals surface area contributed by atoms with Crippen molar-refractivity contribution in [2.75, 3.05) is 0 Å². The molecule has 3 N–H and O–H groups in total. The molecule has 4 heterocycles. The summed E-state index contributed by atoms with van der Waals surface area (Å²) in [7, 11) is 0. The molecular formula is C77H59O15-3. The van der Waals surface area contributed by atoms with Crippen molar-refractivity contribution < 1.29 is 63.3 Å². The molecule has 0 aliphatic carbocycles. The van der Waals surface area contributed by atoms with E-state index in [-0.39, 0.29) is 82.1 Å².